The highest BCUT2D eigenvalue weighted by atomic mass is 79.9. The Morgan fingerprint density at radius 2 is 1.94 bits per heavy atom. The summed E-state index contributed by atoms with van der Waals surface area (Å²) in [7, 11) is 0. The van der Waals surface area contributed by atoms with Crippen LogP contribution in [0.25, 0.3) is 0 Å². The Morgan fingerprint density at radius 1 is 1.38 bits per heavy atom. The van der Waals surface area contributed by atoms with Gasteiger partial charge in [0.1, 0.15) is 0 Å². The van der Waals surface area contributed by atoms with Crippen LogP contribution in [0.3, 0.4) is 0 Å². The van der Waals surface area contributed by atoms with Gasteiger partial charge in [-0.3, -0.25) is 0 Å². The zero-order chi connectivity index (χ0) is 12.1. The highest BCUT2D eigenvalue weighted by Gasteiger charge is 2.17. The average molecular weight is 287 g/mol. The summed E-state index contributed by atoms with van der Waals surface area (Å²) in [6, 6.07) is 7.90. The maximum Gasteiger partial charge on any atom is 0.332 e. The first-order chi connectivity index (χ1) is 7.49. The van der Waals surface area contributed by atoms with Crippen LogP contribution in [0.4, 0.5) is 0 Å². The Kier molecular flexibility index (Phi) is 4.96. The lowest BCUT2D eigenvalue weighted by Gasteiger charge is -2.13. The van der Waals surface area contributed by atoms with Crippen LogP contribution in [-0.4, -0.2) is 22.3 Å². The second-order valence-electron chi connectivity index (χ2n) is 4.03. The van der Waals surface area contributed by atoms with Crippen molar-refractivity contribution in [2.45, 2.75) is 25.9 Å². The van der Waals surface area contributed by atoms with E-state index in [9.17, 15) is 9.90 Å². The Morgan fingerprint density at radius 3 is 2.44 bits per heavy atom. The van der Waals surface area contributed by atoms with E-state index in [4.69, 9.17) is 5.11 Å². The van der Waals surface area contributed by atoms with E-state index < -0.39 is 12.1 Å². The molecule has 0 aliphatic rings. The summed E-state index contributed by atoms with van der Waals surface area (Å²) in [5.41, 5.74) is 1.15. The SMILES string of the molecule is C[C@H](Cc1ccc(Br)cc1)CC(O)C(=O)O. The average Bonchev–Trinajstić information content (AvgIpc) is 2.21. The number of aliphatic hydroxyl groups is 1. The van der Waals surface area contributed by atoms with E-state index in [0.29, 0.717) is 0 Å². The second-order valence-corrected chi connectivity index (χ2v) is 4.94. The van der Waals surface area contributed by atoms with Crippen LogP contribution in [0.2, 0.25) is 0 Å². The van der Waals surface area contributed by atoms with Gasteiger partial charge in [0.05, 0.1) is 0 Å². The summed E-state index contributed by atoms with van der Waals surface area (Å²) in [6.45, 7) is 1.94. The molecule has 0 spiro atoms. The van der Waals surface area contributed by atoms with E-state index in [1.807, 2.05) is 31.2 Å². The van der Waals surface area contributed by atoms with Gasteiger partial charge in [-0.1, -0.05) is 35.0 Å². The number of aliphatic hydroxyl groups excluding tert-OH is 1. The molecule has 0 amide bonds. The third-order valence-corrected chi connectivity index (χ3v) is 2.94. The molecule has 1 aromatic rings. The normalized spacial score (nSPS) is 14.4. The Labute approximate surface area is 103 Å². The van der Waals surface area contributed by atoms with Gasteiger partial charge in [-0.05, 0) is 36.5 Å². The zero-order valence-corrected chi connectivity index (χ0v) is 10.6. The molecule has 0 fully saturated rings. The van der Waals surface area contributed by atoms with E-state index in [-0.39, 0.29) is 12.3 Å². The fraction of sp³-hybridized carbons (Fsp3) is 0.417. The smallest absolute Gasteiger partial charge is 0.332 e. The number of aliphatic carboxylic acids is 1. The van der Waals surface area contributed by atoms with Gasteiger partial charge in [0.25, 0.3) is 0 Å². The van der Waals surface area contributed by atoms with Gasteiger partial charge in [0.2, 0.25) is 0 Å². The number of rotatable bonds is 5. The van der Waals surface area contributed by atoms with E-state index >= 15 is 0 Å². The number of carboxylic acids is 1. The number of carboxylic acid groups (broad SMARTS) is 1. The van der Waals surface area contributed by atoms with Crippen LogP contribution in [0.1, 0.15) is 18.9 Å². The summed E-state index contributed by atoms with van der Waals surface area (Å²) in [5.74, 6) is -1.00. The lowest BCUT2D eigenvalue weighted by atomic mass is 9.95. The maximum absolute atomic E-state index is 10.5. The summed E-state index contributed by atoms with van der Waals surface area (Å²) in [5, 5.41) is 17.8. The van der Waals surface area contributed by atoms with Crippen LogP contribution in [0.15, 0.2) is 28.7 Å². The molecular weight excluding hydrogens is 272 g/mol. The van der Waals surface area contributed by atoms with Gasteiger partial charge in [-0.15, -0.1) is 0 Å². The Bertz CT molecular complexity index is 348. The van der Waals surface area contributed by atoms with Crippen molar-refractivity contribution in [3.05, 3.63) is 34.3 Å². The molecule has 0 aromatic heterocycles. The molecule has 88 valence electrons. The number of hydrogen-bond acceptors (Lipinski definition) is 2. The monoisotopic (exact) mass is 286 g/mol. The minimum Gasteiger partial charge on any atom is -0.479 e. The molecule has 0 aliphatic heterocycles. The van der Waals surface area contributed by atoms with Gasteiger partial charge < -0.3 is 10.2 Å². The molecule has 2 atom stereocenters. The molecule has 1 aromatic carbocycles. The fourth-order valence-corrected chi connectivity index (χ4v) is 1.85. The van der Waals surface area contributed by atoms with Crippen LogP contribution in [-0.2, 0) is 11.2 Å². The predicted molar refractivity (Wildman–Crippen MR) is 65.3 cm³/mol. The Hall–Kier alpha value is -0.870. The van der Waals surface area contributed by atoms with Gasteiger partial charge >= 0.3 is 5.97 Å². The summed E-state index contributed by atoms with van der Waals surface area (Å²) in [4.78, 5) is 10.5. The van der Waals surface area contributed by atoms with Crippen molar-refractivity contribution in [2.24, 2.45) is 5.92 Å². The molecule has 1 unspecified atom stereocenters. The summed E-state index contributed by atoms with van der Waals surface area (Å²) < 4.78 is 1.02. The second kappa shape index (κ2) is 6.01. The van der Waals surface area contributed by atoms with Crippen LogP contribution in [0.5, 0.6) is 0 Å². The quantitative estimate of drug-likeness (QED) is 0.874. The van der Waals surface area contributed by atoms with Crippen molar-refractivity contribution in [3.8, 4) is 0 Å². The first kappa shape index (κ1) is 13.2. The standard InChI is InChI=1S/C12H15BrO3/c1-8(7-11(14)12(15)16)6-9-2-4-10(13)5-3-9/h2-5,8,11,14H,6-7H2,1H3,(H,15,16)/t8-,11?/m1/s1. The third-order valence-electron chi connectivity index (χ3n) is 2.41. The first-order valence-electron chi connectivity index (χ1n) is 5.14. The third kappa shape index (κ3) is 4.33. The van der Waals surface area contributed by atoms with E-state index in [2.05, 4.69) is 15.9 Å². The van der Waals surface area contributed by atoms with Crippen molar-refractivity contribution in [2.75, 3.05) is 0 Å². The van der Waals surface area contributed by atoms with Gasteiger partial charge in [0.15, 0.2) is 6.10 Å². The topological polar surface area (TPSA) is 57.5 Å². The molecular formula is C12H15BrO3. The molecule has 0 aliphatic carbocycles. The molecule has 1 rings (SSSR count). The molecule has 2 N–H and O–H groups in total. The molecule has 3 nitrogen and oxygen atoms in total. The molecule has 0 bridgehead atoms. The molecule has 4 heteroatoms. The highest BCUT2D eigenvalue weighted by Crippen LogP contribution is 2.16. The van der Waals surface area contributed by atoms with Crippen LogP contribution >= 0.6 is 15.9 Å². The number of hydrogen-bond donors (Lipinski definition) is 2. The molecule has 0 saturated carbocycles. The lowest BCUT2D eigenvalue weighted by Crippen LogP contribution is -2.22. The molecule has 0 saturated heterocycles. The number of carbonyl (C=O) groups is 1. The minimum absolute atomic E-state index is 0.146. The molecule has 16 heavy (non-hydrogen) atoms. The number of halogens is 1. The molecule has 0 radical (unpaired) electrons. The van der Waals surface area contributed by atoms with Crippen molar-refractivity contribution in [1.29, 1.82) is 0 Å². The van der Waals surface area contributed by atoms with Crippen molar-refractivity contribution < 1.29 is 15.0 Å². The lowest BCUT2D eigenvalue weighted by molar-refractivity contribution is -0.147. The first-order valence-corrected chi connectivity index (χ1v) is 5.93. The fourth-order valence-electron chi connectivity index (χ4n) is 1.59. The maximum atomic E-state index is 10.5. The number of benzene rings is 1. The Balaban J connectivity index is 2.48. The van der Waals surface area contributed by atoms with E-state index in [1.165, 1.54) is 0 Å². The van der Waals surface area contributed by atoms with Gasteiger partial charge in [-0.2, -0.15) is 0 Å². The highest BCUT2D eigenvalue weighted by molar-refractivity contribution is 9.10. The van der Waals surface area contributed by atoms with Gasteiger partial charge in [-0.25, -0.2) is 4.79 Å². The van der Waals surface area contributed by atoms with Crippen molar-refractivity contribution in [3.63, 3.8) is 0 Å². The van der Waals surface area contributed by atoms with Crippen LogP contribution in [0, 0.1) is 5.92 Å². The minimum atomic E-state index is -1.26. The largest absolute Gasteiger partial charge is 0.479 e. The van der Waals surface area contributed by atoms with Crippen molar-refractivity contribution >= 4 is 21.9 Å². The predicted octanol–water partition coefficient (Wildman–Crippen LogP) is 2.46. The van der Waals surface area contributed by atoms with E-state index in [0.717, 1.165) is 16.5 Å². The summed E-state index contributed by atoms with van der Waals surface area (Å²) in [6.07, 6.45) is -0.200. The van der Waals surface area contributed by atoms with Crippen molar-refractivity contribution in [1.82, 2.24) is 0 Å². The van der Waals surface area contributed by atoms with E-state index in [1.54, 1.807) is 0 Å². The summed E-state index contributed by atoms with van der Waals surface area (Å²) >= 11 is 3.35. The zero-order valence-electron chi connectivity index (χ0n) is 9.06. The molecule has 0 heterocycles. The van der Waals surface area contributed by atoms with Crippen LogP contribution < -0.4 is 0 Å². The van der Waals surface area contributed by atoms with Gasteiger partial charge in [0, 0.05) is 4.47 Å².